The van der Waals surface area contributed by atoms with Crippen LogP contribution in [0.15, 0.2) is 10.7 Å². The number of hydrogen-bond donors (Lipinski definition) is 0. The number of oxazole rings is 1. The van der Waals surface area contributed by atoms with Crippen molar-refractivity contribution in [1.82, 2.24) is 4.98 Å². The van der Waals surface area contributed by atoms with Crippen molar-refractivity contribution < 1.29 is 23.5 Å². The molecule has 0 spiro atoms. The van der Waals surface area contributed by atoms with Crippen LogP contribution in [-0.2, 0) is 20.9 Å². The Balaban J connectivity index is 2.50. The molecule has 0 bridgehead atoms. The molecule has 1 aromatic heterocycles. The summed E-state index contributed by atoms with van der Waals surface area (Å²) in [6, 6.07) is 0. The number of carbonyl (C=O) groups excluding carboxylic acids is 2. The molecule has 0 aliphatic heterocycles. The maximum atomic E-state index is 10.5. The third kappa shape index (κ3) is 3.26. The molecule has 0 saturated heterocycles. The number of ether oxygens (including phenoxy) is 2. The van der Waals surface area contributed by atoms with E-state index < -0.39 is 11.9 Å². The Labute approximate surface area is 79.8 Å². The van der Waals surface area contributed by atoms with Crippen LogP contribution in [-0.4, -0.2) is 16.9 Å². The quantitative estimate of drug-likeness (QED) is 0.665. The number of rotatable bonds is 3. The Morgan fingerprint density at radius 2 is 2.14 bits per heavy atom. The van der Waals surface area contributed by atoms with Gasteiger partial charge in [0, 0.05) is 13.8 Å². The Hall–Kier alpha value is -1.85. The number of esters is 2. The van der Waals surface area contributed by atoms with Crippen LogP contribution < -0.4 is 4.74 Å². The SMILES string of the molecule is CC(=O)OCc1nc(OC(C)=O)co1. The van der Waals surface area contributed by atoms with Gasteiger partial charge in [0.15, 0.2) is 12.9 Å². The van der Waals surface area contributed by atoms with Gasteiger partial charge in [-0.3, -0.25) is 9.59 Å². The average Bonchev–Trinajstić information content (AvgIpc) is 2.47. The molecule has 1 heterocycles. The number of hydrogen-bond acceptors (Lipinski definition) is 6. The minimum Gasteiger partial charge on any atom is -0.456 e. The third-order valence-electron chi connectivity index (χ3n) is 1.18. The molecule has 0 saturated carbocycles. The lowest BCUT2D eigenvalue weighted by molar-refractivity contribution is -0.143. The lowest BCUT2D eigenvalue weighted by Crippen LogP contribution is -2.02. The standard InChI is InChI=1S/C8H9NO5/c1-5(10)12-3-7-9-8(4-13-7)14-6(2)11/h4H,3H2,1-2H3. The van der Waals surface area contributed by atoms with Crippen LogP contribution in [0.25, 0.3) is 0 Å². The van der Waals surface area contributed by atoms with Gasteiger partial charge in [0.25, 0.3) is 5.88 Å². The molecule has 0 aliphatic rings. The highest BCUT2D eigenvalue weighted by atomic mass is 16.6. The monoisotopic (exact) mass is 199 g/mol. The van der Waals surface area contributed by atoms with Gasteiger partial charge in [0.05, 0.1) is 0 Å². The molecule has 0 N–H and O–H groups in total. The second-order valence-electron chi connectivity index (χ2n) is 2.45. The summed E-state index contributed by atoms with van der Waals surface area (Å²) < 4.78 is 14.1. The van der Waals surface area contributed by atoms with Crippen molar-refractivity contribution in [2.45, 2.75) is 20.5 Å². The van der Waals surface area contributed by atoms with E-state index >= 15 is 0 Å². The minimum absolute atomic E-state index is 0.0552. The van der Waals surface area contributed by atoms with Crippen molar-refractivity contribution in [2.75, 3.05) is 0 Å². The molecule has 1 rings (SSSR count). The van der Waals surface area contributed by atoms with E-state index in [0.717, 1.165) is 0 Å². The van der Waals surface area contributed by atoms with E-state index in [-0.39, 0.29) is 18.4 Å². The zero-order valence-electron chi connectivity index (χ0n) is 7.77. The predicted molar refractivity (Wildman–Crippen MR) is 43.3 cm³/mol. The van der Waals surface area contributed by atoms with Crippen molar-refractivity contribution in [3.05, 3.63) is 12.2 Å². The molecule has 0 fully saturated rings. The largest absolute Gasteiger partial charge is 0.456 e. The van der Waals surface area contributed by atoms with Gasteiger partial charge in [-0.15, -0.1) is 0 Å². The second kappa shape index (κ2) is 4.40. The average molecular weight is 199 g/mol. The van der Waals surface area contributed by atoms with Crippen LogP contribution in [0.1, 0.15) is 19.7 Å². The van der Waals surface area contributed by atoms with Gasteiger partial charge in [-0.25, -0.2) is 0 Å². The van der Waals surface area contributed by atoms with Gasteiger partial charge in [-0.2, -0.15) is 4.98 Å². The number of carbonyl (C=O) groups is 2. The maximum absolute atomic E-state index is 10.5. The lowest BCUT2D eigenvalue weighted by atomic mass is 10.7. The van der Waals surface area contributed by atoms with Gasteiger partial charge < -0.3 is 13.9 Å². The molecular weight excluding hydrogens is 190 g/mol. The first-order valence-electron chi connectivity index (χ1n) is 3.84. The van der Waals surface area contributed by atoms with E-state index in [1.165, 1.54) is 20.1 Å². The molecule has 1 aromatic rings. The smallest absolute Gasteiger partial charge is 0.309 e. The molecule has 76 valence electrons. The minimum atomic E-state index is -0.489. The first-order chi connectivity index (χ1) is 6.58. The van der Waals surface area contributed by atoms with Gasteiger partial charge >= 0.3 is 11.9 Å². The van der Waals surface area contributed by atoms with Gasteiger partial charge in [-0.1, -0.05) is 0 Å². The van der Waals surface area contributed by atoms with E-state index in [9.17, 15) is 9.59 Å². The Morgan fingerprint density at radius 3 is 2.71 bits per heavy atom. The molecule has 0 amide bonds. The highest BCUT2D eigenvalue weighted by Crippen LogP contribution is 2.10. The second-order valence-corrected chi connectivity index (χ2v) is 2.45. The highest BCUT2D eigenvalue weighted by Gasteiger charge is 2.07. The van der Waals surface area contributed by atoms with E-state index in [1.54, 1.807) is 0 Å². The third-order valence-corrected chi connectivity index (χ3v) is 1.18. The topological polar surface area (TPSA) is 78.6 Å². The molecule has 14 heavy (non-hydrogen) atoms. The van der Waals surface area contributed by atoms with E-state index in [0.29, 0.717) is 0 Å². The summed E-state index contributed by atoms with van der Waals surface area (Å²) in [5.74, 6) is -0.689. The van der Waals surface area contributed by atoms with Crippen LogP contribution in [0.5, 0.6) is 5.88 Å². The summed E-state index contributed by atoms with van der Waals surface area (Å²) in [4.78, 5) is 24.7. The van der Waals surface area contributed by atoms with Crippen LogP contribution in [0.4, 0.5) is 0 Å². The maximum Gasteiger partial charge on any atom is 0.309 e. The fraction of sp³-hybridized carbons (Fsp3) is 0.375. The zero-order valence-corrected chi connectivity index (χ0v) is 7.77. The molecule has 0 atom stereocenters. The van der Waals surface area contributed by atoms with Gasteiger partial charge in [-0.05, 0) is 0 Å². The fourth-order valence-corrected chi connectivity index (χ4v) is 0.718. The van der Waals surface area contributed by atoms with E-state index in [4.69, 9.17) is 4.42 Å². The molecule has 0 unspecified atom stereocenters. The normalized spacial score (nSPS) is 9.57. The summed E-state index contributed by atoms with van der Waals surface area (Å²) in [5, 5.41) is 0. The zero-order chi connectivity index (χ0) is 10.6. The van der Waals surface area contributed by atoms with Crippen molar-refractivity contribution in [3.8, 4) is 5.88 Å². The van der Waals surface area contributed by atoms with Crippen LogP contribution in [0.3, 0.4) is 0 Å². The van der Waals surface area contributed by atoms with Crippen molar-refractivity contribution in [3.63, 3.8) is 0 Å². The Kier molecular flexibility index (Phi) is 3.22. The van der Waals surface area contributed by atoms with Gasteiger partial charge in [0.1, 0.15) is 0 Å². The predicted octanol–water partition coefficient (Wildman–Crippen LogP) is 0.663. The summed E-state index contributed by atoms with van der Waals surface area (Å²) in [6.45, 7) is 2.45. The number of aromatic nitrogens is 1. The van der Waals surface area contributed by atoms with Crippen LogP contribution in [0.2, 0.25) is 0 Å². The van der Waals surface area contributed by atoms with E-state index in [1.807, 2.05) is 0 Å². The van der Waals surface area contributed by atoms with Crippen molar-refractivity contribution in [2.24, 2.45) is 0 Å². The summed E-state index contributed by atoms with van der Waals surface area (Å²) in [6.07, 6.45) is 1.17. The molecule has 0 aromatic carbocycles. The lowest BCUT2D eigenvalue weighted by Gasteiger charge is -1.95. The molecule has 6 heteroatoms. The summed E-state index contributed by atoms with van der Waals surface area (Å²) >= 11 is 0. The van der Waals surface area contributed by atoms with Crippen molar-refractivity contribution >= 4 is 11.9 Å². The van der Waals surface area contributed by atoms with Crippen LogP contribution in [0, 0.1) is 0 Å². The first kappa shape index (κ1) is 10.2. The number of nitrogens with zero attached hydrogens (tertiary/aromatic N) is 1. The fourth-order valence-electron chi connectivity index (χ4n) is 0.718. The summed E-state index contributed by atoms with van der Waals surface area (Å²) in [7, 11) is 0. The Morgan fingerprint density at radius 1 is 1.43 bits per heavy atom. The van der Waals surface area contributed by atoms with Gasteiger partial charge in [0.2, 0.25) is 5.89 Å². The molecular formula is C8H9NO5. The molecule has 6 nitrogen and oxygen atoms in total. The van der Waals surface area contributed by atoms with Crippen LogP contribution >= 0.6 is 0 Å². The summed E-state index contributed by atoms with van der Waals surface area (Å²) in [5.41, 5.74) is 0. The molecule has 0 aliphatic carbocycles. The molecule has 0 radical (unpaired) electrons. The van der Waals surface area contributed by atoms with Crippen molar-refractivity contribution in [1.29, 1.82) is 0 Å². The first-order valence-corrected chi connectivity index (χ1v) is 3.84. The highest BCUT2D eigenvalue weighted by molar-refractivity contribution is 5.68. The van der Waals surface area contributed by atoms with E-state index in [2.05, 4.69) is 14.5 Å². The Bertz CT molecular complexity index is 343.